The number of amides is 1. The Balaban J connectivity index is 1.87. The van der Waals surface area contributed by atoms with Crippen molar-refractivity contribution in [3.05, 3.63) is 59.2 Å². The number of aromatic nitrogens is 2. The van der Waals surface area contributed by atoms with Crippen LogP contribution >= 0.6 is 0 Å². The molecular weight excluding hydrogens is 955 g/mol. The lowest BCUT2D eigenvalue weighted by Crippen LogP contribution is -2.65. The minimum atomic E-state index is -1.81. The summed E-state index contributed by atoms with van der Waals surface area (Å²) in [5.41, 5.74) is -4.67. The Hall–Kier alpha value is -6.04. The van der Waals surface area contributed by atoms with E-state index in [2.05, 4.69) is 5.32 Å². The van der Waals surface area contributed by atoms with Gasteiger partial charge in [-0.2, -0.15) is 0 Å². The number of carbonyl (C=O) groups is 7. The number of carboxylic acids is 1. The number of carboxylic acid groups (broad SMARTS) is 1. The molecule has 0 saturated carbocycles. The standard InChI is InChI=1S/C56H81N3O15/c1-51(2,3)46(63)68-31-30-59-36-22-19-21-35(29-28-34-26-24-33(25-27-34)20-18-23-38(60)57-56(16,17)45(61)62)39(36)43(58-59)74-44-42(73-50(67)55(13,14)15)41(72-49(66)54(10,11)12)40(71-48(65)53(7,8)9)37(70-44)32-69-47(64)52(4,5)6/h19,21-22,24-27,37,40-42,44H,18,20,23,28-32H2,1-17H3,(H,57,60)(H,61,62)/t37-,40-,41+,42-,44?/m1/s1/i4D,7D,10D,13D. The minimum Gasteiger partial charge on any atom is -0.480 e. The number of nitrogens with one attached hydrogen (secondary N) is 1. The molecule has 0 spiro atoms. The molecule has 3 aromatic rings. The maximum absolute atomic E-state index is 14.2. The number of carbonyl (C=O) groups excluding carboxylic acids is 6. The van der Waals surface area contributed by atoms with E-state index in [1.807, 2.05) is 36.4 Å². The first-order valence-electron chi connectivity index (χ1n) is 27.5. The molecule has 1 aliphatic heterocycles. The SMILES string of the molecule is [2H]CC(C)(C)C(=O)OC[C@H]1OC(Oc2nn(CCOC(=O)C(C)(C)C)c3cccc(CCc4ccc(CCCC(=O)NC(C)(C)C(=O)O)cc4)c23)[C@H](OC(=O)C(C)(C)C[2H])[C@@H](OC(=O)C(C)(C)C[2H])[C@@H]1OC(=O)C(C)(C)C[2H]. The first-order chi connectivity index (χ1) is 36.1. The van der Waals surface area contributed by atoms with Crippen molar-refractivity contribution in [3.8, 4) is 5.88 Å². The van der Waals surface area contributed by atoms with E-state index in [0.717, 1.165) is 16.7 Å². The summed E-state index contributed by atoms with van der Waals surface area (Å²) in [6.07, 6.45) is -6.55. The molecule has 4 rings (SSSR count). The van der Waals surface area contributed by atoms with Gasteiger partial charge in [-0.1, -0.05) is 36.4 Å². The fourth-order valence-electron chi connectivity index (χ4n) is 7.06. The molecule has 1 aliphatic rings. The molecule has 0 bridgehead atoms. The predicted octanol–water partition coefficient (Wildman–Crippen LogP) is 8.28. The van der Waals surface area contributed by atoms with Crippen molar-refractivity contribution >= 4 is 52.6 Å². The van der Waals surface area contributed by atoms with Gasteiger partial charge in [0.25, 0.3) is 0 Å². The first-order valence-corrected chi connectivity index (χ1v) is 24.7. The fraction of sp³-hybridized carbons (Fsp3) is 0.643. The van der Waals surface area contributed by atoms with Crippen LogP contribution in [0, 0.1) is 27.1 Å². The third-order valence-electron chi connectivity index (χ3n) is 11.7. The Labute approximate surface area is 441 Å². The van der Waals surface area contributed by atoms with Gasteiger partial charge in [0, 0.05) is 11.9 Å². The molecule has 2 N–H and O–H groups in total. The van der Waals surface area contributed by atoms with E-state index >= 15 is 0 Å². The Morgan fingerprint density at radius 1 is 0.649 bits per heavy atom. The van der Waals surface area contributed by atoms with Gasteiger partial charge in [0.15, 0.2) is 12.2 Å². The van der Waals surface area contributed by atoms with Crippen LogP contribution in [0.4, 0.5) is 0 Å². The van der Waals surface area contributed by atoms with Crippen LogP contribution in [0.3, 0.4) is 0 Å². The van der Waals surface area contributed by atoms with Crippen molar-refractivity contribution in [1.82, 2.24) is 15.1 Å². The van der Waals surface area contributed by atoms with Crippen LogP contribution in [0.2, 0.25) is 0 Å². The van der Waals surface area contributed by atoms with Crippen molar-refractivity contribution in [1.29, 1.82) is 0 Å². The van der Waals surface area contributed by atoms with Crippen LogP contribution in [-0.2, 0) is 87.8 Å². The van der Waals surface area contributed by atoms with Gasteiger partial charge in [-0.15, -0.1) is 5.10 Å². The van der Waals surface area contributed by atoms with Crippen LogP contribution in [0.1, 0.15) is 153 Å². The van der Waals surface area contributed by atoms with Gasteiger partial charge in [0.2, 0.25) is 24.2 Å². The van der Waals surface area contributed by atoms with Crippen molar-refractivity contribution in [2.45, 2.75) is 193 Å². The van der Waals surface area contributed by atoms with E-state index in [0.29, 0.717) is 36.6 Å². The normalized spacial score (nSPS) is 19.4. The fourth-order valence-corrected chi connectivity index (χ4v) is 7.06. The summed E-state index contributed by atoms with van der Waals surface area (Å²) < 4.78 is 77.2. The molecule has 1 fully saturated rings. The van der Waals surface area contributed by atoms with Gasteiger partial charge < -0.3 is 43.6 Å². The number of nitrogens with zero attached hydrogens (tertiary/aromatic N) is 2. The average Bonchev–Trinajstić information content (AvgIpc) is 3.76. The van der Waals surface area contributed by atoms with Crippen molar-refractivity contribution in [2.75, 3.05) is 13.2 Å². The topological polar surface area (TPSA) is 234 Å². The number of hydrogen-bond acceptors (Lipinski definition) is 15. The third kappa shape index (κ3) is 16.7. The van der Waals surface area contributed by atoms with Crippen molar-refractivity contribution in [3.63, 3.8) is 0 Å². The predicted molar refractivity (Wildman–Crippen MR) is 275 cm³/mol. The Morgan fingerprint density at radius 2 is 1.16 bits per heavy atom. The molecule has 2 aromatic carbocycles. The minimum absolute atomic E-state index is 0.0455. The largest absolute Gasteiger partial charge is 0.480 e. The van der Waals surface area contributed by atoms with Crippen LogP contribution in [0.15, 0.2) is 42.5 Å². The number of benzene rings is 2. The monoisotopic (exact) mass is 1040 g/mol. The van der Waals surface area contributed by atoms with E-state index < -0.39 is 126 Å². The summed E-state index contributed by atoms with van der Waals surface area (Å²) in [5.74, 6) is -5.69. The number of rotatable bonds is 19. The molecule has 5 atom stereocenters. The van der Waals surface area contributed by atoms with E-state index in [1.54, 1.807) is 31.5 Å². The molecule has 1 amide bonds. The smallest absolute Gasteiger partial charge is 0.328 e. The number of fused-ring (bicyclic) bond motifs is 1. The third-order valence-corrected chi connectivity index (χ3v) is 11.7. The molecule has 18 nitrogen and oxygen atoms in total. The molecule has 18 heteroatoms. The second kappa shape index (κ2) is 23.7. The van der Waals surface area contributed by atoms with Gasteiger partial charge in [-0.05, 0) is 166 Å². The van der Waals surface area contributed by atoms with Crippen LogP contribution in [0.25, 0.3) is 10.9 Å². The zero-order valence-corrected chi connectivity index (χ0v) is 45.5. The van der Waals surface area contributed by atoms with Gasteiger partial charge in [-0.25, -0.2) is 4.79 Å². The van der Waals surface area contributed by atoms with Gasteiger partial charge in [0.05, 0.1) is 44.5 Å². The summed E-state index contributed by atoms with van der Waals surface area (Å²) in [6, 6.07) is 13.3. The summed E-state index contributed by atoms with van der Waals surface area (Å²) in [4.78, 5) is 92.6. The maximum atomic E-state index is 14.2. The lowest BCUT2D eigenvalue weighted by Gasteiger charge is -2.45. The molecule has 410 valence electrons. The van der Waals surface area contributed by atoms with Gasteiger partial charge >= 0.3 is 35.8 Å². The van der Waals surface area contributed by atoms with Crippen molar-refractivity contribution in [2.24, 2.45) is 27.1 Å². The van der Waals surface area contributed by atoms with Crippen LogP contribution in [-0.4, -0.2) is 106 Å². The van der Waals surface area contributed by atoms with Crippen LogP contribution < -0.4 is 10.1 Å². The van der Waals surface area contributed by atoms with Crippen LogP contribution in [0.5, 0.6) is 5.88 Å². The zero-order valence-electron chi connectivity index (χ0n) is 49.5. The van der Waals surface area contributed by atoms with E-state index in [1.165, 1.54) is 69.2 Å². The Bertz CT molecular complexity index is 2610. The second-order valence-corrected chi connectivity index (χ2v) is 23.3. The average molecular weight is 1040 g/mol. The molecule has 74 heavy (non-hydrogen) atoms. The molecular formula is C56H81N3O15. The number of hydrogen-bond donors (Lipinski definition) is 2. The number of esters is 5. The highest BCUT2D eigenvalue weighted by atomic mass is 16.7. The molecule has 0 aliphatic carbocycles. The van der Waals surface area contributed by atoms with Crippen molar-refractivity contribution < 1.29 is 77.3 Å². The summed E-state index contributed by atoms with van der Waals surface area (Å²) >= 11 is 0. The lowest BCUT2D eigenvalue weighted by atomic mass is 9.93. The number of aliphatic carboxylic acids is 1. The van der Waals surface area contributed by atoms with E-state index in [9.17, 15) is 38.7 Å². The zero-order chi connectivity index (χ0) is 58.8. The summed E-state index contributed by atoms with van der Waals surface area (Å²) in [5, 5.41) is 17.2. The number of ether oxygens (including phenoxy) is 7. The molecule has 1 saturated heterocycles. The quantitative estimate of drug-likeness (QED) is 0.0849. The van der Waals surface area contributed by atoms with Gasteiger partial charge in [0.1, 0.15) is 24.9 Å². The maximum Gasteiger partial charge on any atom is 0.328 e. The highest BCUT2D eigenvalue weighted by Gasteiger charge is 2.56. The summed E-state index contributed by atoms with van der Waals surface area (Å²) in [6.45, 7) is 17.4. The highest BCUT2D eigenvalue weighted by molar-refractivity contribution is 5.88. The molecule has 0 radical (unpaired) electrons. The molecule has 2 heterocycles. The van der Waals surface area contributed by atoms with E-state index in [-0.39, 0.29) is 38.3 Å². The first kappa shape index (κ1) is 54.2. The molecule has 1 aromatic heterocycles. The summed E-state index contributed by atoms with van der Waals surface area (Å²) in [7, 11) is 0. The van der Waals surface area contributed by atoms with Gasteiger partial charge in [-0.3, -0.25) is 33.4 Å². The second-order valence-electron chi connectivity index (χ2n) is 23.3. The Morgan fingerprint density at radius 3 is 1.70 bits per heavy atom. The highest BCUT2D eigenvalue weighted by Crippen LogP contribution is 2.38. The molecule has 1 unspecified atom stereocenters. The Kier molecular flexibility index (Phi) is 17.3. The lowest BCUT2D eigenvalue weighted by molar-refractivity contribution is -0.294. The van der Waals surface area contributed by atoms with E-state index in [4.69, 9.17) is 43.7 Å². The number of aryl methyl sites for hydroxylation is 3.